The van der Waals surface area contributed by atoms with Gasteiger partial charge in [-0.2, -0.15) is 5.10 Å². The number of anilines is 2. The minimum Gasteiger partial charge on any atom is -0.468 e. The van der Waals surface area contributed by atoms with Crippen LogP contribution in [-0.2, 0) is 14.3 Å². The molecular weight excluding hydrogens is 452 g/mol. The number of ketones is 1. The summed E-state index contributed by atoms with van der Waals surface area (Å²) in [6, 6.07) is 16.8. The van der Waals surface area contributed by atoms with E-state index in [1.165, 1.54) is 7.11 Å². The van der Waals surface area contributed by atoms with Crippen molar-refractivity contribution in [1.29, 1.82) is 0 Å². The van der Waals surface area contributed by atoms with Crippen molar-refractivity contribution < 1.29 is 14.3 Å². The lowest BCUT2D eigenvalue weighted by atomic mass is 9.75. The fourth-order valence-corrected chi connectivity index (χ4v) is 5.31. The van der Waals surface area contributed by atoms with Gasteiger partial charge in [-0.1, -0.05) is 48.9 Å². The predicted octanol–water partition coefficient (Wildman–Crippen LogP) is 5.07. The molecule has 7 nitrogen and oxygen atoms in total. The lowest BCUT2D eigenvalue weighted by Crippen LogP contribution is -2.39. The maximum absolute atomic E-state index is 13.8. The second kappa shape index (κ2) is 8.65. The number of para-hydroxylation sites is 3. The number of fused-ring (bicyclic) bond motifs is 1. The van der Waals surface area contributed by atoms with Gasteiger partial charge in [0.2, 0.25) is 0 Å². The molecular formula is C26H25ClN4O3. The zero-order valence-electron chi connectivity index (χ0n) is 19.1. The highest BCUT2D eigenvalue weighted by molar-refractivity contribution is 6.31. The van der Waals surface area contributed by atoms with Gasteiger partial charge in [0.15, 0.2) is 5.78 Å². The zero-order valence-corrected chi connectivity index (χ0v) is 19.9. The van der Waals surface area contributed by atoms with Crippen LogP contribution in [0.5, 0.6) is 0 Å². The molecule has 3 aromatic rings. The number of hydrogen-bond acceptors (Lipinski definition) is 6. The van der Waals surface area contributed by atoms with Crippen LogP contribution in [-0.4, -0.2) is 28.6 Å². The maximum atomic E-state index is 13.8. The summed E-state index contributed by atoms with van der Waals surface area (Å²) >= 11 is 6.93. The van der Waals surface area contributed by atoms with Gasteiger partial charge in [0.25, 0.3) is 0 Å². The van der Waals surface area contributed by atoms with E-state index in [1.807, 2.05) is 68.4 Å². The molecule has 1 aliphatic carbocycles. The van der Waals surface area contributed by atoms with E-state index in [-0.39, 0.29) is 11.7 Å². The highest BCUT2D eigenvalue weighted by Gasteiger charge is 2.45. The molecule has 3 atom stereocenters. The summed E-state index contributed by atoms with van der Waals surface area (Å²) in [4.78, 5) is 26.4. The highest BCUT2D eigenvalue weighted by Crippen LogP contribution is 2.46. The summed E-state index contributed by atoms with van der Waals surface area (Å²) in [5.41, 5.74) is 5.17. The van der Waals surface area contributed by atoms with Crippen LogP contribution in [0.2, 0.25) is 5.15 Å². The standard InChI is InChI=1S/C26H25ClN4O3/c1-14-13-19-22(24(32)20(14)26(33)34-3)23(29-18-12-8-7-11-17(18)28-19)21-15(2)30-31(25(21)27)16-9-5-4-6-10-16/h4-12,14,20,23,28-29H,13H2,1-3H3/t14-,20-,23-/m0/s1. The number of methoxy groups -OCH3 is 1. The summed E-state index contributed by atoms with van der Waals surface area (Å²) in [5.74, 6) is -1.87. The Kier molecular flexibility index (Phi) is 5.65. The third-order valence-corrected chi connectivity index (χ3v) is 6.93. The van der Waals surface area contributed by atoms with Crippen LogP contribution < -0.4 is 10.6 Å². The van der Waals surface area contributed by atoms with Crippen LogP contribution in [0.25, 0.3) is 5.69 Å². The molecule has 0 spiro atoms. The summed E-state index contributed by atoms with van der Waals surface area (Å²) in [6.07, 6.45) is 0.525. The van der Waals surface area contributed by atoms with Crippen molar-refractivity contribution in [3.8, 4) is 5.69 Å². The first-order chi connectivity index (χ1) is 16.4. The number of ether oxygens (including phenoxy) is 1. The van der Waals surface area contributed by atoms with Crippen LogP contribution >= 0.6 is 11.6 Å². The zero-order chi connectivity index (χ0) is 24.0. The Morgan fingerprint density at radius 1 is 1.12 bits per heavy atom. The van der Waals surface area contributed by atoms with E-state index < -0.39 is 17.9 Å². The summed E-state index contributed by atoms with van der Waals surface area (Å²) in [6.45, 7) is 3.77. The second-order valence-electron chi connectivity index (χ2n) is 8.72. The number of rotatable bonds is 3. The van der Waals surface area contributed by atoms with E-state index in [4.69, 9.17) is 16.3 Å². The number of nitrogens with one attached hydrogen (secondary N) is 2. The summed E-state index contributed by atoms with van der Waals surface area (Å²) in [5, 5.41) is 12.1. The number of carbonyl (C=O) groups is 2. The summed E-state index contributed by atoms with van der Waals surface area (Å²) < 4.78 is 6.66. The first-order valence-electron chi connectivity index (χ1n) is 11.2. The fourth-order valence-electron chi connectivity index (χ4n) is 4.93. The molecule has 34 heavy (non-hydrogen) atoms. The largest absolute Gasteiger partial charge is 0.468 e. The number of nitrogens with zero attached hydrogens (tertiary/aromatic N) is 2. The number of esters is 1. The molecule has 0 fully saturated rings. The van der Waals surface area contributed by atoms with Crippen molar-refractivity contribution in [3.63, 3.8) is 0 Å². The molecule has 5 rings (SSSR count). The maximum Gasteiger partial charge on any atom is 0.316 e. The third kappa shape index (κ3) is 3.56. The first kappa shape index (κ1) is 22.2. The van der Waals surface area contributed by atoms with Gasteiger partial charge < -0.3 is 15.4 Å². The number of Topliss-reactive ketones (excluding diaryl/α,β-unsaturated/α-hetero) is 1. The molecule has 0 saturated heterocycles. The minimum atomic E-state index is -0.876. The van der Waals surface area contributed by atoms with E-state index in [1.54, 1.807) is 4.68 Å². The molecule has 0 amide bonds. The lowest BCUT2D eigenvalue weighted by Gasteiger charge is -2.32. The van der Waals surface area contributed by atoms with Gasteiger partial charge in [-0.15, -0.1) is 0 Å². The molecule has 1 aromatic heterocycles. The average Bonchev–Trinajstić information content (AvgIpc) is 3.02. The number of allylic oxidation sites excluding steroid dienone is 1. The highest BCUT2D eigenvalue weighted by atomic mass is 35.5. The van der Waals surface area contributed by atoms with Crippen LogP contribution in [0.1, 0.15) is 30.6 Å². The monoisotopic (exact) mass is 476 g/mol. The van der Waals surface area contributed by atoms with E-state index in [9.17, 15) is 9.59 Å². The SMILES string of the molecule is COC(=O)[C@@H]1C(=O)C2=C(C[C@@H]1C)Nc1ccccc1N[C@H]2c1c(C)nn(-c2ccccc2)c1Cl. The molecule has 8 heteroatoms. The predicted molar refractivity (Wildman–Crippen MR) is 131 cm³/mol. The number of carbonyl (C=O) groups excluding carboxylic acids is 2. The van der Waals surface area contributed by atoms with Gasteiger partial charge in [-0.25, -0.2) is 4.68 Å². The fraction of sp³-hybridized carbons (Fsp3) is 0.269. The van der Waals surface area contributed by atoms with Gasteiger partial charge in [0, 0.05) is 16.8 Å². The van der Waals surface area contributed by atoms with Crippen molar-refractivity contribution in [2.45, 2.75) is 26.3 Å². The van der Waals surface area contributed by atoms with Gasteiger partial charge in [-0.05, 0) is 43.5 Å². The van der Waals surface area contributed by atoms with Crippen LogP contribution in [0, 0.1) is 18.8 Å². The van der Waals surface area contributed by atoms with Gasteiger partial charge in [0.05, 0.1) is 35.9 Å². The van der Waals surface area contributed by atoms with E-state index in [0.29, 0.717) is 28.4 Å². The first-order valence-corrected chi connectivity index (χ1v) is 11.6. The van der Waals surface area contributed by atoms with Crippen molar-refractivity contribution in [2.75, 3.05) is 17.7 Å². The quantitative estimate of drug-likeness (QED) is 0.405. The van der Waals surface area contributed by atoms with Gasteiger partial charge in [-0.3, -0.25) is 9.59 Å². The van der Waals surface area contributed by atoms with Crippen molar-refractivity contribution in [2.24, 2.45) is 11.8 Å². The molecule has 174 valence electrons. The number of aryl methyl sites for hydroxylation is 1. The minimum absolute atomic E-state index is 0.208. The molecule has 0 bridgehead atoms. The second-order valence-corrected chi connectivity index (χ2v) is 9.08. The van der Waals surface area contributed by atoms with Crippen LogP contribution in [0.15, 0.2) is 65.9 Å². The summed E-state index contributed by atoms with van der Waals surface area (Å²) in [7, 11) is 1.31. The molecule has 2 heterocycles. The number of hydrogen-bond donors (Lipinski definition) is 2. The van der Waals surface area contributed by atoms with Crippen molar-refractivity contribution >= 4 is 34.7 Å². The average molecular weight is 477 g/mol. The molecule has 2 N–H and O–H groups in total. The molecule has 0 saturated carbocycles. The smallest absolute Gasteiger partial charge is 0.316 e. The molecule has 0 radical (unpaired) electrons. The Labute approximate surface area is 202 Å². The molecule has 2 aliphatic rings. The topological polar surface area (TPSA) is 85.2 Å². The molecule has 1 aliphatic heterocycles. The lowest BCUT2D eigenvalue weighted by molar-refractivity contribution is -0.151. The Morgan fingerprint density at radius 2 is 1.79 bits per heavy atom. The Bertz CT molecular complexity index is 1310. The van der Waals surface area contributed by atoms with Crippen molar-refractivity contribution in [1.82, 2.24) is 9.78 Å². The van der Waals surface area contributed by atoms with E-state index in [2.05, 4.69) is 15.7 Å². The number of benzene rings is 2. The molecule has 0 unspecified atom stereocenters. The number of aromatic nitrogens is 2. The normalized spacial score (nSPS) is 21.6. The molecule has 2 aromatic carbocycles. The Hall–Kier alpha value is -3.58. The van der Waals surface area contributed by atoms with Gasteiger partial charge in [0.1, 0.15) is 11.1 Å². The number of halogens is 1. The van der Waals surface area contributed by atoms with Crippen molar-refractivity contribution in [3.05, 3.63) is 82.3 Å². The van der Waals surface area contributed by atoms with Gasteiger partial charge >= 0.3 is 5.97 Å². The Morgan fingerprint density at radius 3 is 2.50 bits per heavy atom. The van der Waals surface area contributed by atoms with Crippen LogP contribution in [0.4, 0.5) is 11.4 Å². The third-order valence-electron chi connectivity index (χ3n) is 6.56. The Balaban J connectivity index is 1.70. The van der Waals surface area contributed by atoms with Crippen LogP contribution in [0.3, 0.4) is 0 Å². The van der Waals surface area contributed by atoms with E-state index in [0.717, 1.165) is 22.8 Å². The van der Waals surface area contributed by atoms with E-state index >= 15 is 0 Å².